The van der Waals surface area contributed by atoms with Gasteiger partial charge in [-0.05, 0) is 38.8 Å². The molecule has 0 aromatic heterocycles. The number of rotatable bonds is 11. The predicted molar refractivity (Wildman–Crippen MR) is 112 cm³/mol. The fourth-order valence-corrected chi connectivity index (χ4v) is 3.92. The van der Waals surface area contributed by atoms with Crippen LogP contribution in [0.25, 0.3) is 0 Å². The molecule has 0 aromatic rings. The summed E-state index contributed by atoms with van der Waals surface area (Å²) in [5.41, 5.74) is 0. The van der Waals surface area contributed by atoms with Crippen LogP contribution in [-0.4, -0.2) is 106 Å². The number of carboxylic acid groups (broad SMARTS) is 1. The zero-order valence-corrected chi connectivity index (χ0v) is 19.2. The first-order valence-electron chi connectivity index (χ1n) is 10.00. The van der Waals surface area contributed by atoms with Crippen LogP contribution in [0.1, 0.15) is 26.2 Å². The molecule has 3 amide bonds. The lowest BCUT2D eigenvalue weighted by molar-refractivity contribution is -0.145. The van der Waals surface area contributed by atoms with Crippen molar-refractivity contribution in [3.8, 4) is 0 Å². The van der Waals surface area contributed by atoms with Gasteiger partial charge in [-0.2, -0.15) is 4.72 Å². The van der Waals surface area contributed by atoms with Gasteiger partial charge in [-0.1, -0.05) is 0 Å². The van der Waals surface area contributed by atoms with Crippen molar-refractivity contribution in [2.45, 2.75) is 38.3 Å². The van der Waals surface area contributed by atoms with Crippen LogP contribution < -0.4 is 15.4 Å². The molecule has 1 aliphatic rings. The second kappa shape index (κ2) is 12.0. The number of carboxylic acids is 1. The topological polar surface area (TPSA) is 165 Å². The summed E-state index contributed by atoms with van der Waals surface area (Å²) in [5.74, 6) is -2.70. The van der Waals surface area contributed by atoms with E-state index in [1.807, 2.05) is 4.72 Å². The van der Waals surface area contributed by atoms with Crippen LogP contribution in [0.15, 0.2) is 0 Å². The Hall–Kier alpha value is -2.25. The maximum Gasteiger partial charge on any atom is 0.323 e. The summed E-state index contributed by atoms with van der Waals surface area (Å²) >= 11 is 0. The molecule has 0 saturated carbocycles. The summed E-state index contributed by atoms with van der Waals surface area (Å²) in [6, 6.07) is -2.33. The normalized spacial score (nSPS) is 16.8. The molecule has 0 bridgehead atoms. The monoisotopic (exact) mass is 463 g/mol. The van der Waals surface area contributed by atoms with E-state index in [-0.39, 0.29) is 5.91 Å². The van der Waals surface area contributed by atoms with Gasteiger partial charge in [0.2, 0.25) is 27.7 Å². The zero-order valence-electron chi connectivity index (χ0n) is 18.4. The highest BCUT2D eigenvalue weighted by Crippen LogP contribution is 2.14. The van der Waals surface area contributed by atoms with Gasteiger partial charge in [0.1, 0.15) is 18.5 Å². The van der Waals surface area contributed by atoms with Crippen LogP contribution >= 0.6 is 0 Å². The molecule has 4 N–H and O–H groups in total. The zero-order chi connectivity index (χ0) is 23.8. The van der Waals surface area contributed by atoms with E-state index in [2.05, 4.69) is 10.6 Å². The van der Waals surface area contributed by atoms with Gasteiger partial charge < -0.3 is 25.5 Å². The Labute approximate surface area is 182 Å². The van der Waals surface area contributed by atoms with Crippen molar-refractivity contribution in [3.63, 3.8) is 0 Å². The van der Waals surface area contributed by atoms with Gasteiger partial charge in [0.05, 0.1) is 6.26 Å². The Morgan fingerprint density at radius 3 is 2.26 bits per heavy atom. The molecule has 1 aliphatic heterocycles. The minimum atomic E-state index is -3.80. The third-order valence-electron chi connectivity index (χ3n) is 5.17. The minimum absolute atomic E-state index is 0.238. The van der Waals surface area contributed by atoms with E-state index < -0.39 is 52.9 Å². The number of nitrogens with zero attached hydrogens (tertiary/aromatic N) is 2. The van der Waals surface area contributed by atoms with E-state index in [4.69, 9.17) is 5.11 Å². The molecule has 1 saturated heterocycles. The first kappa shape index (κ1) is 26.8. The molecule has 0 spiro atoms. The maximum atomic E-state index is 12.7. The van der Waals surface area contributed by atoms with E-state index >= 15 is 0 Å². The predicted octanol–water partition coefficient (Wildman–Crippen LogP) is -2.20. The molecule has 1 rings (SSSR count). The fourth-order valence-electron chi connectivity index (χ4n) is 3.22. The Kier molecular flexibility index (Phi) is 10.3. The number of carbonyl (C=O) groups is 4. The van der Waals surface area contributed by atoms with Crippen molar-refractivity contribution in [3.05, 3.63) is 0 Å². The molecule has 0 radical (unpaired) electrons. The summed E-state index contributed by atoms with van der Waals surface area (Å²) < 4.78 is 24.3. The molecule has 0 aliphatic carbocycles. The smallest absolute Gasteiger partial charge is 0.323 e. The Morgan fingerprint density at radius 1 is 1.16 bits per heavy atom. The molecule has 2 atom stereocenters. The summed E-state index contributed by atoms with van der Waals surface area (Å²) in [4.78, 5) is 50.9. The van der Waals surface area contributed by atoms with Gasteiger partial charge in [-0.15, -0.1) is 0 Å². The van der Waals surface area contributed by atoms with Crippen molar-refractivity contribution < 1.29 is 32.7 Å². The minimum Gasteiger partial charge on any atom is -0.480 e. The highest BCUT2D eigenvalue weighted by Gasteiger charge is 2.28. The largest absolute Gasteiger partial charge is 0.480 e. The van der Waals surface area contributed by atoms with Crippen molar-refractivity contribution in [1.82, 2.24) is 25.2 Å². The van der Waals surface area contributed by atoms with Gasteiger partial charge in [0.25, 0.3) is 0 Å². The lowest BCUT2D eigenvalue weighted by Gasteiger charge is -2.31. The van der Waals surface area contributed by atoms with Crippen LogP contribution in [0.3, 0.4) is 0 Å². The third kappa shape index (κ3) is 9.61. The maximum absolute atomic E-state index is 12.7. The summed E-state index contributed by atoms with van der Waals surface area (Å²) in [7, 11) is -0.690. The first-order valence-corrected chi connectivity index (χ1v) is 11.9. The number of hydrogen-bond donors (Lipinski definition) is 4. The molecule has 2 unspecified atom stereocenters. The standard InChI is InChI=1S/C18H33N5O7S/c1-12(17(26)22(2)11-13-5-7-19-8-6-13)23(3)16(25)9-15(24)20-10-14(18(27)28)21-31(4,29)30/h12-14,19,21H,5-11H2,1-4H3,(H,20,24)(H,27,28). The summed E-state index contributed by atoms with van der Waals surface area (Å²) in [5, 5.41) is 14.5. The van der Waals surface area contributed by atoms with E-state index in [1.54, 1.807) is 18.9 Å². The number of nitrogens with one attached hydrogen (secondary N) is 3. The van der Waals surface area contributed by atoms with E-state index in [0.717, 1.165) is 32.2 Å². The van der Waals surface area contributed by atoms with Crippen LogP contribution in [0.2, 0.25) is 0 Å². The first-order chi connectivity index (χ1) is 14.3. The molecule has 1 heterocycles. The van der Waals surface area contributed by atoms with Crippen LogP contribution in [0.4, 0.5) is 0 Å². The SMILES string of the molecule is CC(C(=O)N(C)CC1CCNCC1)N(C)C(=O)CC(=O)NCC(NS(C)(=O)=O)C(=O)O. The molecule has 31 heavy (non-hydrogen) atoms. The summed E-state index contributed by atoms with van der Waals surface area (Å²) in [6.07, 6.45) is 2.15. The van der Waals surface area contributed by atoms with Crippen molar-refractivity contribution in [2.75, 3.05) is 46.5 Å². The number of sulfonamides is 1. The van der Waals surface area contributed by atoms with E-state index in [1.165, 1.54) is 11.9 Å². The van der Waals surface area contributed by atoms with E-state index in [9.17, 15) is 27.6 Å². The number of piperidine rings is 1. The van der Waals surface area contributed by atoms with Gasteiger partial charge in [-0.3, -0.25) is 19.2 Å². The lowest BCUT2D eigenvalue weighted by atomic mass is 9.97. The number of amides is 3. The van der Waals surface area contributed by atoms with E-state index in [0.29, 0.717) is 12.5 Å². The average Bonchev–Trinajstić information content (AvgIpc) is 2.69. The van der Waals surface area contributed by atoms with Crippen molar-refractivity contribution in [2.24, 2.45) is 5.92 Å². The Bertz CT molecular complexity index is 767. The van der Waals surface area contributed by atoms with Gasteiger partial charge in [-0.25, -0.2) is 8.42 Å². The van der Waals surface area contributed by atoms with Gasteiger partial charge in [0.15, 0.2) is 0 Å². The van der Waals surface area contributed by atoms with Crippen LogP contribution in [-0.2, 0) is 29.2 Å². The van der Waals surface area contributed by atoms with Gasteiger partial charge >= 0.3 is 5.97 Å². The Morgan fingerprint density at radius 2 is 1.74 bits per heavy atom. The third-order valence-corrected chi connectivity index (χ3v) is 5.88. The highest BCUT2D eigenvalue weighted by molar-refractivity contribution is 7.88. The molecule has 1 fully saturated rings. The fraction of sp³-hybridized carbons (Fsp3) is 0.778. The summed E-state index contributed by atoms with van der Waals surface area (Å²) in [6.45, 7) is 3.48. The number of aliphatic carboxylic acids is 1. The van der Waals surface area contributed by atoms with Gasteiger partial charge in [0, 0.05) is 27.2 Å². The molecule has 0 aromatic carbocycles. The van der Waals surface area contributed by atoms with Crippen LogP contribution in [0.5, 0.6) is 0 Å². The lowest BCUT2D eigenvalue weighted by Crippen LogP contribution is -2.50. The van der Waals surface area contributed by atoms with Crippen LogP contribution in [0, 0.1) is 5.92 Å². The highest BCUT2D eigenvalue weighted by atomic mass is 32.2. The molecule has 13 heteroatoms. The number of hydrogen-bond acceptors (Lipinski definition) is 7. The number of carbonyl (C=O) groups excluding carboxylic acids is 3. The molecule has 178 valence electrons. The number of likely N-dealkylation sites (N-methyl/N-ethyl adjacent to an activating group) is 2. The second-order valence-corrected chi connectivity index (χ2v) is 9.63. The second-order valence-electron chi connectivity index (χ2n) is 7.85. The quantitative estimate of drug-likeness (QED) is 0.251. The molecule has 12 nitrogen and oxygen atoms in total. The van der Waals surface area contributed by atoms with Crippen molar-refractivity contribution in [1.29, 1.82) is 0 Å². The average molecular weight is 464 g/mol. The van der Waals surface area contributed by atoms with Crippen molar-refractivity contribution >= 4 is 33.7 Å². The molecular weight excluding hydrogens is 430 g/mol. The Balaban J connectivity index is 2.53. The molecular formula is C18H33N5O7S.